The molecule has 1 atom stereocenters. The standard InChI is InChI=1S/C12H11BrN2O2/c1-8-4-9(2-3-11(8)13)15-6-10(5-14)17-7-12(15)16/h2-4,10H,6-7H2,1H3. The Bertz CT molecular complexity index is 496. The first-order valence-corrected chi connectivity index (χ1v) is 5.99. The molecule has 1 aliphatic rings. The third kappa shape index (κ3) is 2.48. The molecule has 0 spiro atoms. The second-order valence-electron chi connectivity index (χ2n) is 3.87. The van der Waals surface area contributed by atoms with Crippen LogP contribution in [0.2, 0.25) is 0 Å². The van der Waals surface area contributed by atoms with Crippen LogP contribution in [0.3, 0.4) is 0 Å². The molecule has 0 bridgehead atoms. The summed E-state index contributed by atoms with van der Waals surface area (Å²) in [4.78, 5) is 13.3. The number of benzene rings is 1. The van der Waals surface area contributed by atoms with Crippen molar-refractivity contribution in [1.29, 1.82) is 5.26 Å². The summed E-state index contributed by atoms with van der Waals surface area (Å²) in [7, 11) is 0. The molecule has 1 saturated heterocycles. The number of hydrogen-bond donors (Lipinski definition) is 0. The number of aryl methyl sites for hydroxylation is 1. The summed E-state index contributed by atoms with van der Waals surface area (Å²) < 4.78 is 6.08. The van der Waals surface area contributed by atoms with E-state index in [1.54, 1.807) is 4.90 Å². The maximum atomic E-state index is 11.7. The number of morpholine rings is 1. The molecule has 5 heteroatoms. The van der Waals surface area contributed by atoms with Crippen LogP contribution in [0.25, 0.3) is 0 Å². The lowest BCUT2D eigenvalue weighted by Crippen LogP contribution is -2.46. The first kappa shape index (κ1) is 12.1. The molecule has 1 amide bonds. The Hall–Kier alpha value is -1.38. The van der Waals surface area contributed by atoms with Crippen molar-refractivity contribution in [2.45, 2.75) is 13.0 Å². The van der Waals surface area contributed by atoms with E-state index in [4.69, 9.17) is 10.00 Å². The van der Waals surface area contributed by atoms with E-state index < -0.39 is 6.10 Å². The second kappa shape index (κ2) is 4.86. The molecule has 0 radical (unpaired) electrons. The summed E-state index contributed by atoms with van der Waals surface area (Å²) in [6.45, 7) is 2.21. The molecule has 1 unspecified atom stereocenters. The monoisotopic (exact) mass is 294 g/mol. The van der Waals surface area contributed by atoms with Crippen LogP contribution >= 0.6 is 15.9 Å². The van der Waals surface area contributed by atoms with Gasteiger partial charge in [-0.3, -0.25) is 4.79 Å². The average molecular weight is 295 g/mol. The van der Waals surface area contributed by atoms with Crippen molar-refractivity contribution < 1.29 is 9.53 Å². The van der Waals surface area contributed by atoms with E-state index in [1.807, 2.05) is 31.2 Å². The molecule has 88 valence electrons. The smallest absolute Gasteiger partial charge is 0.253 e. The summed E-state index contributed by atoms with van der Waals surface area (Å²) in [6.07, 6.45) is -0.545. The molecule has 1 aromatic rings. The number of hydrogen-bond acceptors (Lipinski definition) is 3. The summed E-state index contributed by atoms with van der Waals surface area (Å²) in [6, 6.07) is 7.70. The molecule has 0 aromatic heterocycles. The highest BCUT2D eigenvalue weighted by atomic mass is 79.9. The Morgan fingerprint density at radius 1 is 1.59 bits per heavy atom. The third-order valence-electron chi connectivity index (χ3n) is 2.65. The first-order chi connectivity index (χ1) is 8.11. The van der Waals surface area contributed by atoms with Crippen LogP contribution < -0.4 is 4.90 Å². The van der Waals surface area contributed by atoms with E-state index >= 15 is 0 Å². The Balaban J connectivity index is 2.28. The molecule has 1 aromatic carbocycles. The Kier molecular flexibility index (Phi) is 3.46. The van der Waals surface area contributed by atoms with E-state index in [9.17, 15) is 4.79 Å². The number of nitriles is 1. The minimum absolute atomic E-state index is 0.0344. The molecule has 17 heavy (non-hydrogen) atoms. The number of nitrogens with zero attached hydrogens (tertiary/aromatic N) is 2. The fraction of sp³-hybridized carbons (Fsp3) is 0.333. The third-order valence-corrected chi connectivity index (χ3v) is 3.54. The van der Waals surface area contributed by atoms with Gasteiger partial charge in [-0.2, -0.15) is 5.26 Å². The molecule has 0 aliphatic carbocycles. The molecule has 1 aliphatic heterocycles. The lowest BCUT2D eigenvalue weighted by atomic mass is 10.2. The highest BCUT2D eigenvalue weighted by molar-refractivity contribution is 9.10. The quantitative estimate of drug-likeness (QED) is 0.796. The SMILES string of the molecule is Cc1cc(N2CC(C#N)OCC2=O)ccc1Br. The fourth-order valence-electron chi connectivity index (χ4n) is 1.69. The van der Waals surface area contributed by atoms with Crippen molar-refractivity contribution in [3.8, 4) is 6.07 Å². The van der Waals surface area contributed by atoms with Crippen LogP contribution in [-0.2, 0) is 9.53 Å². The Labute approximate surface area is 108 Å². The van der Waals surface area contributed by atoms with E-state index in [-0.39, 0.29) is 19.1 Å². The number of carbonyl (C=O) groups excluding carboxylic acids is 1. The molecule has 4 nitrogen and oxygen atoms in total. The van der Waals surface area contributed by atoms with Crippen molar-refractivity contribution >= 4 is 27.5 Å². The van der Waals surface area contributed by atoms with E-state index in [2.05, 4.69) is 15.9 Å². The van der Waals surface area contributed by atoms with Crippen LogP contribution in [0.15, 0.2) is 22.7 Å². The van der Waals surface area contributed by atoms with Gasteiger partial charge in [0, 0.05) is 10.2 Å². The van der Waals surface area contributed by atoms with E-state index in [1.165, 1.54) is 0 Å². The van der Waals surface area contributed by atoms with Gasteiger partial charge in [0.15, 0.2) is 6.10 Å². The van der Waals surface area contributed by atoms with Crippen molar-refractivity contribution in [2.75, 3.05) is 18.1 Å². The maximum Gasteiger partial charge on any atom is 0.253 e. The predicted octanol–water partition coefficient (Wildman–Crippen LogP) is 2.01. The number of carbonyl (C=O) groups is 1. The van der Waals surface area contributed by atoms with Gasteiger partial charge in [-0.25, -0.2) is 0 Å². The van der Waals surface area contributed by atoms with Crippen molar-refractivity contribution in [3.63, 3.8) is 0 Å². The zero-order chi connectivity index (χ0) is 12.4. The molecule has 0 N–H and O–H groups in total. The van der Waals surface area contributed by atoms with Crippen molar-refractivity contribution in [2.24, 2.45) is 0 Å². The summed E-state index contributed by atoms with van der Waals surface area (Å²) in [5.74, 6) is -0.113. The van der Waals surface area contributed by atoms with Gasteiger partial charge in [0.2, 0.25) is 0 Å². The fourth-order valence-corrected chi connectivity index (χ4v) is 1.94. The normalized spacial score (nSPS) is 20.2. The lowest BCUT2D eigenvalue weighted by molar-refractivity contribution is -0.127. The van der Waals surface area contributed by atoms with E-state index in [0.717, 1.165) is 15.7 Å². The number of amides is 1. The predicted molar refractivity (Wildman–Crippen MR) is 66.6 cm³/mol. The van der Waals surface area contributed by atoms with E-state index in [0.29, 0.717) is 0 Å². The van der Waals surface area contributed by atoms with Gasteiger partial charge in [-0.05, 0) is 30.7 Å². The zero-order valence-electron chi connectivity index (χ0n) is 9.31. The van der Waals surface area contributed by atoms with Crippen LogP contribution in [0, 0.1) is 18.3 Å². The van der Waals surface area contributed by atoms with Gasteiger partial charge in [-0.1, -0.05) is 15.9 Å². The highest BCUT2D eigenvalue weighted by Crippen LogP contribution is 2.24. The number of halogens is 1. The topological polar surface area (TPSA) is 53.3 Å². The van der Waals surface area contributed by atoms with Crippen molar-refractivity contribution in [1.82, 2.24) is 0 Å². The maximum absolute atomic E-state index is 11.7. The Morgan fingerprint density at radius 2 is 2.35 bits per heavy atom. The largest absolute Gasteiger partial charge is 0.352 e. The highest BCUT2D eigenvalue weighted by Gasteiger charge is 2.27. The number of anilines is 1. The van der Waals surface area contributed by atoms with Gasteiger partial charge in [-0.15, -0.1) is 0 Å². The molecule has 1 heterocycles. The summed E-state index contributed by atoms with van der Waals surface area (Å²) in [5.41, 5.74) is 1.86. The number of ether oxygens (including phenoxy) is 1. The first-order valence-electron chi connectivity index (χ1n) is 5.19. The molecular formula is C12H11BrN2O2. The second-order valence-corrected chi connectivity index (χ2v) is 4.72. The van der Waals surface area contributed by atoms with Gasteiger partial charge >= 0.3 is 0 Å². The van der Waals surface area contributed by atoms with Crippen molar-refractivity contribution in [3.05, 3.63) is 28.2 Å². The molecule has 0 saturated carbocycles. The van der Waals surface area contributed by atoms with Crippen LogP contribution in [0.1, 0.15) is 5.56 Å². The lowest BCUT2D eigenvalue weighted by Gasteiger charge is -2.29. The Morgan fingerprint density at radius 3 is 3.00 bits per heavy atom. The average Bonchev–Trinajstić information content (AvgIpc) is 2.33. The minimum Gasteiger partial charge on any atom is -0.352 e. The molecule has 2 rings (SSSR count). The molecule has 1 fully saturated rings. The van der Waals surface area contributed by atoms with Crippen LogP contribution in [0.4, 0.5) is 5.69 Å². The summed E-state index contributed by atoms with van der Waals surface area (Å²) >= 11 is 3.41. The van der Waals surface area contributed by atoms with Crippen LogP contribution in [0.5, 0.6) is 0 Å². The van der Waals surface area contributed by atoms with Crippen LogP contribution in [-0.4, -0.2) is 25.2 Å². The minimum atomic E-state index is -0.545. The zero-order valence-corrected chi connectivity index (χ0v) is 10.9. The molecular weight excluding hydrogens is 284 g/mol. The summed E-state index contributed by atoms with van der Waals surface area (Å²) in [5, 5.41) is 8.82. The van der Waals surface area contributed by atoms with Gasteiger partial charge in [0.1, 0.15) is 6.61 Å². The van der Waals surface area contributed by atoms with Gasteiger partial charge in [0.05, 0.1) is 12.6 Å². The number of rotatable bonds is 1. The van der Waals surface area contributed by atoms with Gasteiger partial charge < -0.3 is 9.64 Å². The van der Waals surface area contributed by atoms with Gasteiger partial charge in [0.25, 0.3) is 5.91 Å².